The van der Waals surface area contributed by atoms with Crippen molar-refractivity contribution in [2.45, 2.75) is 19.3 Å². The van der Waals surface area contributed by atoms with E-state index in [0.717, 1.165) is 31.6 Å². The number of amides is 1. The van der Waals surface area contributed by atoms with E-state index in [1.54, 1.807) is 16.8 Å². The topological polar surface area (TPSA) is 45.2 Å². The van der Waals surface area contributed by atoms with Gasteiger partial charge >= 0.3 is 0 Å². The molecule has 0 radical (unpaired) electrons. The minimum atomic E-state index is 0.117. The van der Waals surface area contributed by atoms with Gasteiger partial charge in [-0.3, -0.25) is 4.79 Å². The molecule has 0 aliphatic rings. The lowest BCUT2D eigenvalue weighted by atomic mass is 10.2. The summed E-state index contributed by atoms with van der Waals surface area (Å²) >= 11 is 1.57. The number of carbonyl (C=O) groups excluding carboxylic acids is 1. The minimum Gasteiger partial charge on any atom is -0.356 e. The average molecular weight is 241 g/mol. The van der Waals surface area contributed by atoms with Crippen molar-refractivity contribution >= 4 is 17.2 Å². The number of hydrogen-bond donors (Lipinski definition) is 1. The molecule has 0 aromatic carbocycles. The van der Waals surface area contributed by atoms with Crippen LogP contribution in [0.15, 0.2) is 10.9 Å². The number of aryl methyl sites for hydroxylation is 1. The highest BCUT2D eigenvalue weighted by Crippen LogP contribution is 2.03. The van der Waals surface area contributed by atoms with Crippen LogP contribution in [0.2, 0.25) is 0 Å². The highest BCUT2D eigenvalue weighted by Gasteiger charge is 2.02. The van der Waals surface area contributed by atoms with Crippen LogP contribution >= 0.6 is 11.3 Å². The molecule has 1 rings (SSSR count). The Labute approximate surface area is 101 Å². The number of nitrogens with one attached hydrogen (secondary N) is 1. The second-order valence-corrected chi connectivity index (χ2v) is 4.71. The first-order valence-corrected chi connectivity index (χ1v) is 6.41. The van der Waals surface area contributed by atoms with Gasteiger partial charge in [-0.15, -0.1) is 11.3 Å². The van der Waals surface area contributed by atoms with Crippen molar-refractivity contribution in [1.82, 2.24) is 15.2 Å². The molecule has 16 heavy (non-hydrogen) atoms. The summed E-state index contributed by atoms with van der Waals surface area (Å²) in [5.74, 6) is 0.117. The van der Waals surface area contributed by atoms with Gasteiger partial charge < -0.3 is 10.2 Å². The van der Waals surface area contributed by atoms with E-state index < -0.39 is 0 Å². The van der Waals surface area contributed by atoms with Crippen LogP contribution in [-0.4, -0.2) is 43.0 Å². The molecule has 4 nitrogen and oxygen atoms in total. The fraction of sp³-hybridized carbons (Fsp3) is 0.636. The number of nitrogens with zero attached hydrogens (tertiary/aromatic N) is 2. The Morgan fingerprint density at radius 1 is 1.56 bits per heavy atom. The number of carbonyl (C=O) groups is 1. The van der Waals surface area contributed by atoms with Gasteiger partial charge in [0.25, 0.3) is 0 Å². The molecule has 0 atom stereocenters. The zero-order valence-electron chi connectivity index (χ0n) is 9.90. The number of hydrogen-bond acceptors (Lipinski definition) is 4. The smallest absolute Gasteiger partial charge is 0.220 e. The van der Waals surface area contributed by atoms with Gasteiger partial charge in [-0.2, -0.15) is 0 Å². The SMILES string of the molecule is CN(C)CCCNC(=O)CCc1cscn1. The third kappa shape index (κ3) is 5.82. The first-order chi connectivity index (χ1) is 7.68. The maximum absolute atomic E-state index is 11.4. The van der Waals surface area contributed by atoms with E-state index in [4.69, 9.17) is 0 Å². The predicted octanol–water partition coefficient (Wildman–Crippen LogP) is 1.14. The van der Waals surface area contributed by atoms with Crippen LogP contribution in [0.4, 0.5) is 0 Å². The van der Waals surface area contributed by atoms with Crippen LogP contribution in [0.25, 0.3) is 0 Å². The summed E-state index contributed by atoms with van der Waals surface area (Å²) < 4.78 is 0. The Hall–Kier alpha value is -0.940. The molecule has 0 aliphatic heterocycles. The van der Waals surface area contributed by atoms with Crippen molar-refractivity contribution in [3.63, 3.8) is 0 Å². The Morgan fingerprint density at radius 2 is 2.38 bits per heavy atom. The lowest BCUT2D eigenvalue weighted by molar-refractivity contribution is -0.121. The third-order valence-electron chi connectivity index (χ3n) is 2.20. The van der Waals surface area contributed by atoms with E-state index in [1.165, 1.54) is 0 Å². The Balaban J connectivity index is 2.03. The Morgan fingerprint density at radius 3 is 3.00 bits per heavy atom. The maximum atomic E-state index is 11.4. The van der Waals surface area contributed by atoms with E-state index in [2.05, 4.69) is 15.2 Å². The molecule has 1 N–H and O–H groups in total. The molecule has 1 amide bonds. The lowest BCUT2D eigenvalue weighted by Crippen LogP contribution is -2.27. The molecule has 0 fully saturated rings. The van der Waals surface area contributed by atoms with Crippen molar-refractivity contribution in [3.05, 3.63) is 16.6 Å². The van der Waals surface area contributed by atoms with E-state index in [9.17, 15) is 4.79 Å². The quantitative estimate of drug-likeness (QED) is 0.728. The highest BCUT2D eigenvalue weighted by molar-refractivity contribution is 7.07. The lowest BCUT2D eigenvalue weighted by Gasteiger charge is -2.09. The fourth-order valence-corrected chi connectivity index (χ4v) is 1.91. The van der Waals surface area contributed by atoms with Crippen molar-refractivity contribution in [3.8, 4) is 0 Å². The zero-order chi connectivity index (χ0) is 11.8. The second-order valence-electron chi connectivity index (χ2n) is 3.99. The van der Waals surface area contributed by atoms with Crippen LogP contribution in [-0.2, 0) is 11.2 Å². The molecule has 90 valence electrons. The van der Waals surface area contributed by atoms with Crippen LogP contribution in [0, 0.1) is 0 Å². The molecular weight excluding hydrogens is 222 g/mol. The molecule has 0 unspecified atom stereocenters. The summed E-state index contributed by atoms with van der Waals surface area (Å²) in [4.78, 5) is 17.7. The van der Waals surface area contributed by atoms with E-state index in [0.29, 0.717) is 6.42 Å². The van der Waals surface area contributed by atoms with Crippen molar-refractivity contribution < 1.29 is 4.79 Å². The minimum absolute atomic E-state index is 0.117. The summed E-state index contributed by atoms with van der Waals surface area (Å²) in [6.45, 7) is 1.76. The highest BCUT2D eigenvalue weighted by atomic mass is 32.1. The summed E-state index contributed by atoms with van der Waals surface area (Å²) in [5.41, 5.74) is 2.80. The van der Waals surface area contributed by atoms with E-state index in [1.807, 2.05) is 19.5 Å². The molecule has 0 saturated carbocycles. The van der Waals surface area contributed by atoms with Crippen molar-refractivity contribution in [2.75, 3.05) is 27.2 Å². The summed E-state index contributed by atoms with van der Waals surface area (Å²) in [7, 11) is 4.06. The first kappa shape index (κ1) is 13.1. The molecule has 1 aromatic heterocycles. The van der Waals surface area contributed by atoms with Gasteiger partial charge in [0, 0.05) is 18.3 Å². The van der Waals surface area contributed by atoms with E-state index in [-0.39, 0.29) is 5.91 Å². The van der Waals surface area contributed by atoms with Crippen LogP contribution in [0.5, 0.6) is 0 Å². The van der Waals surface area contributed by atoms with Crippen molar-refractivity contribution in [1.29, 1.82) is 0 Å². The molecule has 0 spiro atoms. The first-order valence-electron chi connectivity index (χ1n) is 5.47. The number of rotatable bonds is 7. The van der Waals surface area contributed by atoms with Gasteiger partial charge in [0.1, 0.15) is 0 Å². The Kier molecular flexibility index (Phi) is 6.03. The maximum Gasteiger partial charge on any atom is 0.220 e. The van der Waals surface area contributed by atoms with Gasteiger partial charge in [0.05, 0.1) is 11.2 Å². The molecule has 0 saturated heterocycles. The molecule has 0 aliphatic carbocycles. The molecule has 1 heterocycles. The molecular formula is C11H19N3OS. The average Bonchev–Trinajstić information content (AvgIpc) is 2.74. The predicted molar refractivity (Wildman–Crippen MR) is 66.6 cm³/mol. The van der Waals surface area contributed by atoms with Gasteiger partial charge in [-0.1, -0.05) is 0 Å². The summed E-state index contributed by atoms with van der Waals surface area (Å²) in [5, 5.41) is 4.90. The van der Waals surface area contributed by atoms with E-state index >= 15 is 0 Å². The van der Waals surface area contributed by atoms with Crippen molar-refractivity contribution in [2.24, 2.45) is 0 Å². The molecule has 1 aromatic rings. The molecule has 5 heteroatoms. The second kappa shape index (κ2) is 7.35. The normalized spacial score (nSPS) is 10.7. The summed E-state index contributed by atoms with van der Waals surface area (Å²) in [6, 6.07) is 0. The fourth-order valence-electron chi connectivity index (χ4n) is 1.31. The third-order valence-corrected chi connectivity index (χ3v) is 2.83. The van der Waals surface area contributed by atoms with Gasteiger partial charge in [-0.05, 0) is 33.5 Å². The number of thiazole rings is 1. The van der Waals surface area contributed by atoms with Gasteiger partial charge in [-0.25, -0.2) is 4.98 Å². The van der Waals surface area contributed by atoms with Crippen LogP contribution < -0.4 is 5.32 Å². The monoisotopic (exact) mass is 241 g/mol. The van der Waals surface area contributed by atoms with Crippen LogP contribution in [0.3, 0.4) is 0 Å². The standard InChI is InChI=1S/C11H19N3OS/c1-14(2)7-3-6-12-11(15)5-4-10-8-16-9-13-10/h8-9H,3-7H2,1-2H3,(H,12,15). The summed E-state index contributed by atoms with van der Waals surface area (Å²) in [6.07, 6.45) is 2.27. The number of aromatic nitrogens is 1. The van der Waals surface area contributed by atoms with Gasteiger partial charge in [0.2, 0.25) is 5.91 Å². The van der Waals surface area contributed by atoms with Crippen LogP contribution in [0.1, 0.15) is 18.5 Å². The Bertz CT molecular complexity index is 298. The van der Waals surface area contributed by atoms with Gasteiger partial charge in [0.15, 0.2) is 0 Å². The molecule has 0 bridgehead atoms. The zero-order valence-corrected chi connectivity index (χ0v) is 10.7. The largest absolute Gasteiger partial charge is 0.356 e.